The van der Waals surface area contributed by atoms with Gasteiger partial charge in [-0.25, -0.2) is 0 Å². The largest absolute Gasteiger partial charge is 0.573 e. The molecule has 29 heavy (non-hydrogen) atoms. The zero-order valence-corrected chi connectivity index (χ0v) is 15.4. The third-order valence-corrected chi connectivity index (χ3v) is 3.77. The molecule has 0 radical (unpaired) electrons. The summed E-state index contributed by atoms with van der Waals surface area (Å²) in [6.45, 7) is -0.567. The lowest BCUT2D eigenvalue weighted by Gasteiger charge is -2.11. The van der Waals surface area contributed by atoms with E-state index in [9.17, 15) is 23.1 Å². The standard InChI is InChI=1S/C20H20F3NO5/c1-28-18-9-6-15(19(27)24-11-16(26)12-25)10-14(18)5-2-13-3-7-17(8-4-13)29-20(21,22)23/h2-10,16,25-26H,11-12H2,1H3,(H,24,27)/b5-2+/t16-/m0/s1. The van der Waals surface area contributed by atoms with E-state index in [1.807, 2.05) is 0 Å². The van der Waals surface area contributed by atoms with Crippen molar-refractivity contribution in [3.8, 4) is 11.5 Å². The van der Waals surface area contributed by atoms with Crippen molar-refractivity contribution in [3.05, 3.63) is 59.2 Å². The predicted octanol–water partition coefficient (Wildman–Crippen LogP) is 2.85. The number of aliphatic hydroxyl groups is 2. The van der Waals surface area contributed by atoms with Crippen molar-refractivity contribution in [2.45, 2.75) is 12.5 Å². The number of benzene rings is 2. The molecule has 6 nitrogen and oxygen atoms in total. The Morgan fingerprint density at radius 3 is 2.45 bits per heavy atom. The van der Waals surface area contributed by atoms with Crippen LogP contribution in [0.25, 0.3) is 12.2 Å². The summed E-state index contributed by atoms with van der Waals surface area (Å²) >= 11 is 0. The molecule has 156 valence electrons. The third kappa shape index (κ3) is 7.13. The number of halogens is 3. The molecule has 0 fully saturated rings. The first kappa shape index (κ1) is 22.3. The fourth-order valence-corrected chi connectivity index (χ4v) is 2.35. The van der Waals surface area contributed by atoms with E-state index in [-0.39, 0.29) is 12.3 Å². The minimum Gasteiger partial charge on any atom is -0.496 e. The molecule has 0 aliphatic rings. The van der Waals surface area contributed by atoms with Crippen LogP contribution in [-0.4, -0.2) is 48.8 Å². The number of nitrogens with one attached hydrogen (secondary N) is 1. The van der Waals surface area contributed by atoms with Crippen LogP contribution in [0.2, 0.25) is 0 Å². The van der Waals surface area contributed by atoms with Gasteiger partial charge in [0.05, 0.1) is 19.8 Å². The number of carbonyl (C=O) groups excluding carboxylic acids is 1. The van der Waals surface area contributed by atoms with E-state index in [0.29, 0.717) is 22.4 Å². The molecule has 9 heteroatoms. The van der Waals surface area contributed by atoms with Gasteiger partial charge in [0.1, 0.15) is 11.5 Å². The van der Waals surface area contributed by atoms with E-state index in [4.69, 9.17) is 9.84 Å². The van der Waals surface area contributed by atoms with Gasteiger partial charge in [-0.1, -0.05) is 24.3 Å². The van der Waals surface area contributed by atoms with Gasteiger partial charge in [0.2, 0.25) is 0 Å². The monoisotopic (exact) mass is 411 g/mol. The number of rotatable bonds is 8. The van der Waals surface area contributed by atoms with Crippen molar-refractivity contribution >= 4 is 18.1 Å². The van der Waals surface area contributed by atoms with Gasteiger partial charge in [-0.3, -0.25) is 4.79 Å². The highest BCUT2D eigenvalue weighted by molar-refractivity contribution is 5.95. The summed E-state index contributed by atoms with van der Waals surface area (Å²) in [7, 11) is 1.47. The number of ether oxygens (including phenoxy) is 2. The Bertz CT molecular complexity index is 850. The number of methoxy groups -OCH3 is 1. The van der Waals surface area contributed by atoms with Gasteiger partial charge in [0, 0.05) is 17.7 Å². The van der Waals surface area contributed by atoms with Crippen LogP contribution in [0.4, 0.5) is 13.2 Å². The lowest BCUT2D eigenvalue weighted by molar-refractivity contribution is -0.274. The van der Waals surface area contributed by atoms with Crippen LogP contribution in [0.5, 0.6) is 11.5 Å². The van der Waals surface area contributed by atoms with E-state index in [0.717, 1.165) is 0 Å². The van der Waals surface area contributed by atoms with Crippen LogP contribution in [-0.2, 0) is 0 Å². The van der Waals surface area contributed by atoms with E-state index in [1.165, 1.54) is 31.4 Å². The van der Waals surface area contributed by atoms with Crippen LogP contribution in [0.15, 0.2) is 42.5 Å². The second kappa shape index (κ2) is 9.94. The van der Waals surface area contributed by atoms with Gasteiger partial charge >= 0.3 is 6.36 Å². The highest BCUT2D eigenvalue weighted by atomic mass is 19.4. The molecular formula is C20H20F3NO5. The number of amides is 1. The molecule has 3 N–H and O–H groups in total. The number of alkyl halides is 3. The molecule has 0 aliphatic carbocycles. The lowest BCUT2D eigenvalue weighted by Crippen LogP contribution is -2.33. The minimum absolute atomic E-state index is 0.0983. The number of hydrogen-bond acceptors (Lipinski definition) is 5. The minimum atomic E-state index is -4.75. The summed E-state index contributed by atoms with van der Waals surface area (Å²) in [6.07, 6.45) is -2.51. The topological polar surface area (TPSA) is 88.0 Å². The van der Waals surface area contributed by atoms with Crippen molar-refractivity contribution < 1.29 is 37.7 Å². The maximum Gasteiger partial charge on any atom is 0.573 e. The molecule has 0 saturated heterocycles. The van der Waals surface area contributed by atoms with Crippen LogP contribution >= 0.6 is 0 Å². The molecule has 0 aliphatic heterocycles. The summed E-state index contributed by atoms with van der Waals surface area (Å²) in [5.74, 6) is -0.273. The van der Waals surface area contributed by atoms with E-state index in [1.54, 1.807) is 30.4 Å². The molecule has 2 rings (SSSR count). The van der Waals surface area contributed by atoms with Crippen LogP contribution in [0.3, 0.4) is 0 Å². The number of aliphatic hydroxyl groups excluding tert-OH is 2. The van der Waals surface area contributed by atoms with Crippen molar-refractivity contribution in [2.24, 2.45) is 0 Å². The summed E-state index contributed by atoms with van der Waals surface area (Å²) in [6, 6.07) is 10.0. The summed E-state index contributed by atoms with van der Waals surface area (Å²) in [5, 5.41) is 20.6. The molecular weight excluding hydrogens is 391 g/mol. The van der Waals surface area contributed by atoms with Gasteiger partial charge in [-0.2, -0.15) is 0 Å². The first-order chi connectivity index (χ1) is 13.7. The average Bonchev–Trinajstić information content (AvgIpc) is 2.69. The molecule has 0 unspecified atom stereocenters. The summed E-state index contributed by atoms with van der Waals surface area (Å²) in [5.41, 5.74) is 1.49. The number of hydrogen-bond donors (Lipinski definition) is 3. The van der Waals surface area contributed by atoms with Gasteiger partial charge in [-0.05, 0) is 35.9 Å². The van der Waals surface area contributed by atoms with Gasteiger partial charge in [0.25, 0.3) is 5.91 Å². The predicted molar refractivity (Wildman–Crippen MR) is 100 cm³/mol. The molecule has 2 aromatic carbocycles. The second-order valence-electron chi connectivity index (χ2n) is 5.95. The molecule has 0 saturated carbocycles. The highest BCUT2D eigenvalue weighted by Crippen LogP contribution is 2.25. The summed E-state index contributed by atoms with van der Waals surface area (Å²) < 4.78 is 45.7. The first-order valence-corrected chi connectivity index (χ1v) is 8.51. The first-order valence-electron chi connectivity index (χ1n) is 8.51. The Kier molecular flexibility index (Phi) is 7.63. The molecule has 0 aromatic heterocycles. The SMILES string of the molecule is COc1ccc(C(=O)NC[C@H](O)CO)cc1/C=C/c1ccc(OC(F)(F)F)cc1. The molecule has 0 bridgehead atoms. The van der Waals surface area contributed by atoms with Crippen molar-refractivity contribution in [2.75, 3.05) is 20.3 Å². The Labute approximate surface area is 165 Å². The normalized spacial score (nSPS) is 12.6. The van der Waals surface area contributed by atoms with Crippen molar-refractivity contribution in [3.63, 3.8) is 0 Å². The maximum absolute atomic E-state index is 12.2. The molecule has 1 amide bonds. The Hall–Kier alpha value is -3.04. The molecule has 2 aromatic rings. The van der Waals surface area contributed by atoms with Crippen LogP contribution in [0, 0.1) is 0 Å². The Balaban J connectivity index is 2.15. The smallest absolute Gasteiger partial charge is 0.496 e. The van der Waals surface area contributed by atoms with E-state index in [2.05, 4.69) is 10.1 Å². The molecule has 1 atom stereocenters. The zero-order valence-electron chi connectivity index (χ0n) is 15.4. The fourth-order valence-electron chi connectivity index (χ4n) is 2.35. The highest BCUT2D eigenvalue weighted by Gasteiger charge is 2.30. The zero-order chi connectivity index (χ0) is 21.4. The number of carbonyl (C=O) groups is 1. The summed E-state index contributed by atoms with van der Waals surface area (Å²) in [4.78, 5) is 12.2. The quantitative estimate of drug-likeness (QED) is 0.582. The maximum atomic E-state index is 12.2. The lowest BCUT2D eigenvalue weighted by atomic mass is 10.1. The van der Waals surface area contributed by atoms with Gasteiger partial charge in [-0.15, -0.1) is 13.2 Å². The van der Waals surface area contributed by atoms with E-state index < -0.39 is 25.0 Å². The molecule has 0 spiro atoms. The Morgan fingerprint density at radius 1 is 1.17 bits per heavy atom. The second-order valence-corrected chi connectivity index (χ2v) is 5.95. The fraction of sp³-hybridized carbons (Fsp3) is 0.250. The van der Waals surface area contributed by atoms with Crippen molar-refractivity contribution in [1.82, 2.24) is 5.32 Å². The van der Waals surface area contributed by atoms with E-state index >= 15 is 0 Å². The van der Waals surface area contributed by atoms with Gasteiger partial charge in [0.15, 0.2) is 0 Å². The van der Waals surface area contributed by atoms with Gasteiger partial charge < -0.3 is 25.0 Å². The molecule has 0 heterocycles. The van der Waals surface area contributed by atoms with Crippen LogP contribution < -0.4 is 14.8 Å². The van der Waals surface area contributed by atoms with Crippen LogP contribution in [0.1, 0.15) is 21.5 Å². The third-order valence-electron chi connectivity index (χ3n) is 3.77. The average molecular weight is 411 g/mol. The Morgan fingerprint density at radius 2 is 1.86 bits per heavy atom. The van der Waals surface area contributed by atoms with Crippen molar-refractivity contribution in [1.29, 1.82) is 0 Å².